The first-order valence-electron chi connectivity index (χ1n) is 5.73. The molecule has 0 radical (unpaired) electrons. The van der Waals surface area contributed by atoms with Gasteiger partial charge in [-0.3, -0.25) is 0 Å². The van der Waals surface area contributed by atoms with Crippen LogP contribution in [0.5, 0.6) is 0 Å². The lowest BCUT2D eigenvalue weighted by molar-refractivity contribution is 0.0271. The molecule has 0 aliphatic carbocycles. The Morgan fingerprint density at radius 2 is 2.21 bits per heavy atom. The molecule has 0 aromatic rings. The quantitative estimate of drug-likeness (QED) is 0.657. The van der Waals surface area contributed by atoms with Crippen LogP contribution in [0.25, 0.3) is 0 Å². The largest absolute Gasteiger partial charge is 0.396 e. The van der Waals surface area contributed by atoms with E-state index < -0.39 is 0 Å². The van der Waals surface area contributed by atoms with Crippen molar-refractivity contribution in [3.63, 3.8) is 0 Å². The number of rotatable bonds is 6. The summed E-state index contributed by atoms with van der Waals surface area (Å²) in [4.78, 5) is 2.40. The van der Waals surface area contributed by atoms with Gasteiger partial charge in [0.15, 0.2) is 0 Å². The number of ether oxygens (including phenoxy) is 1. The Bertz CT molecular complexity index is 135. The second-order valence-electron chi connectivity index (χ2n) is 4.14. The molecule has 1 aliphatic rings. The summed E-state index contributed by atoms with van der Waals surface area (Å²) in [5.41, 5.74) is 0. The first-order chi connectivity index (χ1) is 6.84. The van der Waals surface area contributed by atoms with Crippen molar-refractivity contribution in [1.82, 2.24) is 4.90 Å². The van der Waals surface area contributed by atoms with Gasteiger partial charge in [0.05, 0.1) is 6.61 Å². The standard InChI is InChI=1S/C11H23NO2/c1-12(7-3-2-4-8-13)11-6-5-9-14-10-11/h11,13H,2-10H2,1H3. The van der Waals surface area contributed by atoms with Gasteiger partial charge in [-0.1, -0.05) is 0 Å². The van der Waals surface area contributed by atoms with Gasteiger partial charge in [0.25, 0.3) is 0 Å². The van der Waals surface area contributed by atoms with Crippen LogP contribution in [-0.2, 0) is 4.74 Å². The van der Waals surface area contributed by atoms with Crippen LogP contribution in [-0.4, -0.2) is 49.5 Å². The van der Waals surface area contributed by atoms with E-state index in [2.05, 4.69) is 11.9 Å². The van der Waals surface area contributed by atoms with Crippen molar-refractivity contribution in [2.75, 3.05) is 33.4 Å². The maximum Gasteiger partial charge on any atom is 0.0621 e. The smallest absolute Gasteiger partial charge is 0.0621 e. The third-order valence-electron chi connectivity index (χ3n) is 2.93. The first-order valence-corrected chi connectivity index (χ1v) is 5.73. The van der Waals surface area contributed by atoms with Gasteiger partial charge >= 0.3 is 0 Å². The van der Waals surface area contributed by atoms with Gasteiger partial charge in [0.1, 0.15) is 0 Å². The lowest BCUT2D eigenvalue weighted by Gasteiger charge is -2.31. The number of hydrogen-bond acceptors (Lipinski definition) is 3. The van der Waals surface area contributed by atoms with Crippen LogP contribution in [0.1, 0.15) is 32.1 Å². The molecule has 1 heterocycles. The molecule has 0 spiro atoms. The maximum atomic E-state index is 8.65. The summed E-state index contributed by atoms with van der Waals surface area (Å²) in [6.45, 7) is 3.30. The Hall–Kier alpha value is -0.120. The Morgan fingerprint density at radius 1 is 1.36 bits per heavy atom. The topological polar surface area (TPSA) is 32.7 Å². The first kappa shape index (κ1) is 12.0. The van der Waals surface area contributed by atoms with Gasteiger partial charge < -0.3 is 14.7 Å². The lowest BCUT2D eigenvalue weighted by Crippen LogP contribution is -2.38. The Balaban J connectivity index is 2.04. The third kappa shape index (κ3) is 4.40. The van der Waals surface area contributed by atoms with Crippen LogP contribution in [0.4, 0.5) is 0 Å². The SMILES string of the molecule is CN(CCCCCO)C1CCCOC1. The molecule has 84 valence electrons. The van der Waals surface area contributed by atoms with Crippen LogP contribution < -0.4 is 0 Å². The fourth-order valence-electron chi connectivity index (χ4n) is 1.90. The molecule has 3 nitrogen and oxygen atoms in total. The molecule has 14 heavy (non-hydrogen) atoms. The van der Waals surface area contributed by atoms with Crippen LogP contribution >= 0.6 is 0 Å². The minimum absolute atomic E-state index is 0.330. The summed E-state index contributed by atoms with van der Waals surface area (Å²) in [7, 11) is 2.18. The van der Waals surface area contributed by atoms with Crippen LogP contribution in [0.15, 0.2) is 0 Å². The normalized spacial score (nSPS) is 22.9. The van der Waals surface area contributed by atoms with E-state index in [-0.39, 0.29) is 0 Å². The summed E-state index contributed by atoms with van der Waals surface area (Å²) in [5.74, 6) is 0. The van der Waals surface area contributed by atoms with Crippen molar-refractivity contribution < 1.29 is 9.84 Å². The molecular weight excluding hydrogens is 178 g/mol. The molecule has 1 aliphatic heterocycles. The number of aliphatic hydroxyl groups excluding tert-OH is 1. The lowest BCUT2D eigenvalue weighted by atomic mass is 10.1. The van der Waals surface area contributed by atoms with Crippen molar-refractivity contribution in [2.45, 2.75) is 38.1 Å². The van der Waals surface area contributed by atoms with Gasteiger partial charge in [-0.15, -0.1) is 0 Å². The summed E-state index contributed by atoms with van der Waals surface area (Å²) in [6.07, 6.45) is 5.74. The summed E-state index contributed by atoms with van der Waals surface area (Å²) in [6, 6.07) is 0.623. The second kappa shape index (κ2) is 7.21. The fourth-order valence-corrected chi connectivity index (χ4v) is 1.90. The van der Waals surface area contributed by atoms with Crippen molar-refractivity contribution in [2.24, 2.45) is 0 Å². The third-order valence-corrected chi connectivity index (χ3v) is 2.93. The highest BCUT2D eigenvalue weighted by Gasteiger charge is 2.17. The zero-order valence-electron chi connectivity index (χ0n) is 9.24. The van der Waals surface area contributed by atoms with Crippen molar-refractivity contribution in [1.29, 1.82) is 0 Å². The zero-order valence-corrected chi connectivity index (χ0v) is 9.24. The number of hydrogen-bond donors (Lipinski definition) is 1. The Kier molecular flexibility index (Phi) is 6.15. The molecule has 1 N–H and O–H groups in total. The molecule has 3 heteroatoms. The molecule has 0 bridgehead atoms. The molecule has 1 atom stereocenters. The van der Waals surface area contributed by atoms with Gasteiger partial charge in [-0.05, 0) is 45.7 Å². The average Bonchev–Trinajstić information content (AvgIpc) is 2.25. The van der Waals surface area contributed by atoms with E-state index in [4.69, 9.17) is 9.84 Å². The molecule has 1 saturated heterocycles. The second-order valence-corrected chi connectivity index (χ2v) is 4.14. The molecule has 1 rings (SSSR count). The predicted octanol–water partition coefficient (Wildman–Crippen LogP) is 1.26. The summed E-state index contributed by atoms with van der Waals surface area (Å²) < 4.78 is 5.45. The van der Waals surface area contributed by atoms with Crippen molar-refractivity contribution in [3.05, 3.63) is 0 Å². The predicted molar refractivity (Wildman–Crippen MR) is 57.4 cm³/mol. The minimum atomic E-state index is 0.330. The van der Waals surface area contributed by atoms with Crippen LogP contribution in [0.3, 0.4) is 0 Å². The molecule has 0 saturated carbocycles. The molecule has 1 fully saturated rings. The van der Waals surface area contributed by atoms with Crippen LogP contribution in [0, 0.1) is 0 Å². The number of nitrogens with zero attached hydrogens (tertiary/aromatic N) is 1. The summed E-state index contributed by atoms with van der Waals surface area (Å²) >= 11 is 0. The van der Waals surface area contributed by atoms with Crippen molar-refractivity contribution >= 4 is 0 Å². The Labute approximate surface area is 87.1 Å². The molecular formula is C11H23NO2. The van der Waals surface area contributed by atoms with E-state index in [1.54, 1.807) is 0 Å². The van der Waals surface area contributed by atoms with Gasteiger partial charge in [0.2, 0.25) is 0 Å². The fraction of sp³-hybridized carbons (Fsp3) is 1.00. The maximum absolute atomic E-state index is 8.65. The number of unbranched alkanes of at least 4 members (excludes halogenated alkanes) is 2. The minimum Gasteiger partial charge on any atom is -0.396 e. The molecule has 0 amide bonds. The van der Waals surface area contributed by atoms with Gasteiger partial charge in [-0.25, -0.2) is 0 Å². The Morgan fingerprint density at radius 3 is 2.86 bits per heavy atom. The van der Waals surface area contributed by atoms with Gasteiger partial charge in [0, 0.05) is 19.3 Å². The van der Waals surface area contributed by atoms with E-state index in [9.17, 15) is 0 Å². The monoisotopic (exact) mass is 201 g/mol. The van der Waals surface area contributed by atoms with E-state index in [1.807, 2.05) is 0 Å². The molecule has 0 aromatic carbocycles. The van der Waals surface area contributed by atoms with E-state index >= 15 is 0 Å². The molecule has 0 aromatic heterocycles. The zero-order chi connectivity index (χ0) is 10.2. The van der Waals surface area contributed by atoms with E-state index in [0.29, 0.717) is 12.6 Å². The van der Waals surface area contributed by atoms with Crippen LogP contribution in [0.2, 0.25) is 0 Å². The highest BCUT2D eigenvalue weighted by molar-refractivity contribution is 4.71. The highest BCUT2D eigenvalue weighted by atomic mass is 16.5. The van der Waals surface area contributed by atoms with E-state index in [0.717, 1.165) is 32.6 Å². The van der Waals surface area contributed by atoms with Gasteiger partial charge in [-0.2, -0.15) is 0 Å². The number of likely N-dealkylation sites (N-methyl/N-ethyl adjacent to an activating group) is 1. The average molecular weight is 201 g/mol. The highest BCUT2D eigenvalue weighted by Crippen LogP contribution is 2.12. The molecule has 1 unspecified atom stereocenters. The van der Waals surface area contributed by atoms with Crippen molar-refractivity contribution in [3.8, 4) is 0 Å². The number of aliphatic hydroxyl groups is 1. The van der Waals surface area contributed by atoms with E-state index in [1.165, 1.54) is 19.3 Å². The summed E-state index contributed by atoms with van der Waals surface area (Å²) in [5, 5.41) is 8.65.